The lowest BCUT2D eigenvalue weighted by atomic mass is 9.81. The standard InChI is InChI=1S/C33H44N6O5/c1-37(2)19-21-9-11-23(12-10-21)31(41)36-28(16-22-7-6-8-26(15-22)39(5)30(40)20-38(3)4)32(42)34-25-13-14-27-24(17-25)18-29(35-27)33(43)44/h6-8,13-15,17-18,21,23,28,35H,9-12,16,19-20H2,1-5H3,(H,34,42)(H,36,41)(H,43,44). The van der Waals surface area contributed by atoms with E-state index in [1.165, 1.54) is 6.07 Å². The molecule has 2 aromatic carbocycles. The van der Waals surface area contributed by atoms with Crippen molar-refractivity contribution in [3.63, 3.8) is 0 Å². The number of benzene rings is 2. The molecule has 1 fully saturated rings. The summed E-state index contributed by atoms with van der Waals surface area (Å²) in [6, 6.07) is 13.2. The number of aromatic nitrogens is 1. The summed E-state index contributed by atoms with van der Waals surface area (Å²) < 4.78 is 0. The Morgan fingerprint density at radius 2 is 1.66 bits per heavy atom. The minimum Gasteiger partial charge on any atom is -0.477 e. The molecule has 1 aromatic heterocycles. The first-order chi connectivity index (χ1) is 20.9. The molecule has 0 saturated heterocycles. The zero-order chi connectivity index (χ0) is 32.0. The Hall–Kier alpha value is -4.22. The molecule has 1 unspecified atom stereocenters. The van der Waals surface area contributed by atoms with E-state index >= 15 is 0 Å². The van der Waals surface area contributed by atoms with E-state index in [1.54, 1.807) is 35.0 Å². The van der Waals surface area contributed by atoms with Crippen LogP contribution in [-0.4, -0.2) is 98.0 Å². The first-order valence-electron chi connectivity index (χ1n) is 15.0. The van der Waals surface area contributed by atoms with Gasteiger partial charge in [0.1, 0.15) is 11.7 Å². The fourth-order valence-corrected chi connectivity index (χ4v) is 5.83. The van der Waals surface area contributed by atoms with Crippen molar-refractivity contribution in [1.82, 2.24) is 20.1 Å². The van der Waals surface area contributed by atoms with E-state index < -0.39 is 12.0 Å². The summed E-state index contributed by atoms with van der Waals surface area (Å²) >= 11 is 0. The molecule has 0 radical (unpaired) electrons. The van der Waals surface area contributed by atoms with Crippen molar-refractivity contribution < 1.29 is 24.3 Å². The number of anilines is 2. The lowest BCUT2D eigenvalue weighted by molar-refractivity contribution is -0.130. The number of carbonyl (C=O) groups excluding carboxylic acids is 3. The lowest BCUT2D eigenvalue weighted by Gasteiger charge is -2.30. The molecule has 0 spiro atoms. The number of carboxylic acids is 1. The zero-order valence-corrected chi connectivity index (χ0v) is 26.2. The van der Waals surface area contributed by atoms with Crippen molar-refractivity contribution in [2.24, 2.45) is 11.8 Å². The highest BCUT2D eigenvalue weighted by atomic mass is 16.4. The Balaban J connectivity index is 1.52. The quantitative estimate of drug-likeness (QED) is 0.249. The Bertz CT molecular complexity index is 1490. The third-order valence-corrected chi connectivity index (χ3v) is 8.16. The zero-order valence-electron chi connectivity index (χ0n) is 26.2. The largest absolute Gasteiger partial charge is 0.477 e. The maximum atomic E-state index is 13.7. The van der Waals surface area contributed by atoms with Crippen molar-refractivity contribution in [3.05, 3.63) is 59.8 Å². The van der Waals surface area contributed by atoms with Crippen LogP contribution in [-0.2, 0) is 20.8 Å². The average Bonchev–Trinajstić information content (AvgIpc) is 3.40. The van der Waals surface area contributed by atoms with Gasteiger partial charge in [-0.1, -0.05) is 12.1 Å². The van der Waals surface area contributed by atoms with Crippen LogP contribution < -0.4 is 15.5 Å². The molecule has 0 bridgehead atoms. The van der Waals surface area contributed by atoms with E-state index in [1.807, 2.05) is 38.4 Å². The van der Waals surface area contributed by atoms with Crippen LogP contribution in [0.3, 0.4) is 0 Å². The van der Waals surface area contributed by atoms with Gasteiger partial charge in [0.15, 0.2) is 0 Å². The van der Waals surface area contributed by atoms with E-state index in [-0.39, 0.29) is 42.3 Å². The predicted octanol–water partition coefficient (Wildman–Crippen LogP) is 3.42. The molecule has 4 rings (SSSR count). The van der Waals surface area contributed by atoms with E-state index in [2.05, 4.69) is 34.6 Å². The highest BCUT2D eigenvalue weighted by molar-refractivity contribution is 6.00. The van der Waals surface area contributed by atoms with Crippen LogP contribution in [0.4, 0.5) is 11.4 Å². The minimum absolute atomic E-state index is 0.0582. The molecule has 3 amide bonds. The fraction of sp³-hybridized carbons (Fsp3) is 0.455. The maximum Gasteiger partial charge on any atom is 0.352 e. The van der Waals surface area contributed by atoms with Crippen LogP contribution in [0.25, 0.3) is 10.9 Å². The van der Waals surface area contributed by atoms with E-state index in [0.29, 0.717) is 28.2 Å². The number of nitrogens with zero attached hydrogens (tertiary/aromatic N) is 3. The van der Waals surface area contributed by atoms with Gasteiger partial charge in [-0.3, -0.25) is 14.4 Å². The van der Waals surface area contributed by atoms with E-state index in [9.17, 15) is 24.3 Å². The SMILES string of the molecule is CN(C)CC(=O)N(C)c1cccc(CC(NC(=O)C2CCC(CN(C)C)CC2)C(=O)Nc2ccc3[nH]c(C(=O)O)cc3c2)c1. The number of fused-ring (bicyclic) bond motifs is 1. The third kappa shape index (κ3) is 8.67. The van der Waals surface area contributed by atoms with Gasteiger partial charge in [0, 0.05) is 48.2 Å². The average molecular weight is 605 g/mol. The summed E-state index contributed by atoms with van der Waals surface area (Å²) in [6.45, 7) is 1.26. The summed E-state index contributed by atoms with van der Waals surface area (Å²) in [5, 5.41) is 15.9. The Labute approximate surface area is 258 Å². The van der Waals surface area contributed by atoms with Gasteiger partial charge < -0.3 is 35.4 Å². The van der Waals surface area contributed by atoms with Crippen molar-refractivity contribution >= 4 is 46.0 Å². The van der Waals surface area contributed by atoms with Crippen LogP contribution in [0.15, 0.2) is 48.5 Å². The Morgan fingerprint density at radius 1 is 0.932 bits per heavy atom. The molecular weight excluding hydrogens is 560 g/mol. The van der Waals surface area contributed by atoms with Gasteiger partial charge >= 0.3 is 5.97 Å². The molecule has 236 valence electrons. The van der Waals surface area contributed by atoms with Gasteiger partial charge in [0.2, 0.25) is 17.7 Å². The number of aromatic carboxylic acids is 1. The summed E-state index contributed by atoms with van der Waals surface area (Å²) in [4.78, 5) is 59.6. The number of likely N-dealkylation sites (N-methyl/N-ethyl adjacent to an activating group) is 2. The number of hydrogen-bond acceptors (Lipinski definition) is 6. The van der Waals surface area contributed by atoms with Crippen LogP contribution in [0.5, 0.6) is 0 Å². The van der Waals surface area contributed by atoms with Gasteiger partial charge in [-0.05, 0) is 102 Å². The Kier molecular flexibility index (Phi) is 10.8. The summed E-state index contributed by atoms with van der Waals surface area (Å²) in [5.41, 5.74) is 2.69. The number of aromatic amines is 1. The molecule has 44 heavy (non-hydrogen) atoms. The number of rotatable bonds is 12. The topological polar surface area (TPSA) is 138 Å². The highest BCUT2D eigenvalue weighted by Gasteiger charge is 2.30. The maximum absolute atomic E-state index is 13.7. The van der Waals surface area contributed by atoms with Crippen molar-refractivity contribution in [2.45, 2.75) is 38.1 Å². The van der Waals surface area contributed by atoms with Crippen molar-refractivity contribution in [2.75, 3.05) is 58.5 Å². The summed E-state index contributed by atoms with van der Waals surface area (Å²) in [6.07, 6.45) is 3.73. The number of amides is 3. The second-order valence-corrected chi connectivity index (χ2v) is 12.4. The van der Waals surface area contributed by atoms with Gasteiger partial charge in [-0.25, -0.2) is 4.79 Å². The molecule has 4 N–H and O–H groups in total. The number of carbonyl (C=O) groups is 4. The van der Waals surface area contributed by atoms with Gasteiger partial charge in [0.05, 0.1) is 6.54 Å². The van der Waals surface area contributed by atoms with Crippen molar-refractivity contribution in [1.29, 1.82) is 0 Å². The highest BCUT2D eigenvalue weighted by Crippen LogP contribution is 2.29. The van der Waals surface area contributed by atoms with Gasteiger partial charge in [-0.15, -0.1) is 0 Å². The molecule has 1 heterocycles. The first-order valence-corrected chi connectivity index (χ1v) is 15.0. The molecule has 1 aliphatic rings. The monoisotopic (exact) mass is 604 g/mol. The van der Waals surface area contributed by atoms with Crippen LogP contribution in [0.1, 0.15) is 41.7 Å². The number of H-pyrrole nitrogens is 1. The summed E-state index contributed by atoms with van der Waals surface area (Å²) in [5.74, 6) is -1.23. The number of nitrogens with one attached hydrogen (secondary N) is 3. The molecule has 1 aliphatic carbocycles. The summed E-state index contributed by atoms with van der Waals surface area (Å²) in [7, 11) is 9.51. The molecule has 1 saturated carbocycles. The molecule has 0 aliphatic heterocycles. The number of hydrogen-bond donors (Lipinski definition) is 4. The first kappa shape index (κ1) is 32.7. The van der Waals surface area contributed by atoms with Crippen LogP contribution in [0.2, 0.25) is 0 Å². The fourth-order valence-electron chi connectivity index (χ4n) is 5.83. The third-order valence-electron chi connectivity index (χ3n) is 8.16. The van der Waals surface area contributed by atoms with Crippen LogP contribution in [0, 0.1) is 11.8 Å². The second kappa shape index (κ2) is 14.5. The molecule has 1 atom stereocenters. The van der Waals surface area contributed by atoms with Crippen molar-refractivity contribution in [3.8, 4) is 0 Å². The lowest BCUT2D eigenvalue weighted by Crippen LogP contribution is -2.48. The minimum atomic E-state index is -1.07. The van der Waals surface area contributed by atoms with E-state index in [4.69, 9.17) is 0 Å². The predicted molar refractivity (Wildman–Crippen MR) is 172 cm³/mol. The molecule has 3 aromatic rings. The second-order valence-electron chi connectivity index (χ2n) is 12.4. The van der Waals surface area contributed by atoms with Gasteiger partial charge in [0.25, 0.3) is 0 Å². The normalized spacial score (nSPS) is 17.4. The number of carboxylic acid groups (broad SMARTS) is 1. The Morgan fingerprint density at radius 3 is 2.32 bits per heavy atom. The molecular formula is C33H44N6O5. The van der Waals surface area contributed by atoms with Crippen LogP contribution >= 0.6 is 0 Å². The molecule has 11 nitrogen and oxygen atoms in total. The smallest absolute Gasteiger partial charge is 0.352 e. The van der Waals surface area contributed by atoms with Gasteiger partial charge in [-0.2, -0.15) is 0 Å². The van der Waals surface area contributed by atoms with E-state index in [0.717, 1.165) is 37.8 Å². The molecule has 11 heteroatoms.